The van der Waals surface area contributed by atoms with Crippen LogP contribution >= 0.6 is 0 Å². The molecule has 0 radical (unpaired) electrons. The van der Waals surface area contributed by atoms with E-state index < -0.39 is 0 Å². The molecule has 2 rings (SSSR count). The van der Waals surface area contributed by atoms with Crippen molar-refractivity contribution < 1.29 is 0 Å². The third-order valence-electron chi connectivity index (χ3n) is 3.42. The molecule has 1 saturated carbocycles. The molecule has 11 heavy (non-hydrogen) atoms. The van der Waals surface area contributed by atoms with Crippen molar-refractivity contribution in [3.8, 4) is 0 Å². The fourth-order valence-electron chi connectivity index (χ4n) is 2.74. The second kappa shape index (κ2) is 2.48. The highest BCUT2D eigenvalue weighted by Gasteiger charge is 2.51. The molecular weight excluding hydrogens is 134 g/mol. The van der Waals surface area contributed by atoms with E-state index in [1.165, 1.54) is 19.4 Å². The van der Waals surface area contributed by atoms with E-state index in [2.05, 4.69) is 25.7 Å². The van der Waals surface area contributed by atoms with Gasteiger partial charge in [0, 0.05) is 18.6 Å². The summed E-state index contributed by atoms with van der Waals surface area (Å²) in [7, 11) is 0. The predicted octanol–water partition coefficient (Wildman–Crippen LogP) is 2.13. The zero-order chi connectivity index (χ0) is 8.01. The summed E-state index contributed by atoms with van der Waals surface area (Å²) < 4.78 is 0. The molecular formula is C10H19N. The van der Waals surface area contributed by atoms with Gasteiger partial charge < -0.3 is 0 Å². The molecule has 1 heterocycles. The third-order valence-corrected chi connectivity index (χ3v) is 3.42. The summed E-state index contributed by atoms with van der Waals surface area (Å²) in [6.45, 7) is 8.38. The van der Waals surface area contributed by atoms with E-state index in [1.807, 2.05) is 0 Å². The van der Waals surface area contributed by atoms with E-state index in [0.717, 1.165) is 23.9 Å². The lowest BCUT2D eigenvalue weighted by Crippen LogP contribution is -2.37. The summed E-state index contributed by atoms with van der Waals surface area (Å²) in [6, 6.07) is 1.70. The summed E-state index contributed by atoms with van der Waals surface area (Å²) in [4.78, 5) is 2.69. The second-order valence-electron chi connectivity index (χ2n) is 4.43. The molecule has 2 aliphatic rings. The lowest BCUT2D eigenvalue weighted by atomic mass is 10.1. The van der Waals surface area contributed by atoms with Crippen LogP contribution in [0, 0.1) is 11.8 Å². The van der Waals surface area contributed by atoms with Crippen LogP contribution in [0.15, 0.2) is 0 Å². The fourth-order valence-corrected chi connectivity index (χ4v) is 2.74. The first-order valence-corrected chi connectivity index (χ1v) is 4.99. The first-order chi connectivity index (χ1) is 5.24. The van der Waals surface area contributed by atoms with Gasteiger partial charge in [0.15, 0.2) is 0 Å². The van der Waals surface area contributed by atoms with Crippen molar-refractivity contribution in [2.45, 2.75) is 45.7 Å². The molecule has 1 saturated heterocycles. The maximum atomic E-state index is 2.69. The average molecular weight is 153 g/mol. The molecule has 3 atom stereocenters. The number of likely N-dealkylation sites (tertiary alicyclic amines) is 1. The van der Waals surface area contributed by atoms with E-state index >= 15 is 0 Å². The highest BCUT2D eigenvalue weighted by molar-refractivity contribution is 5.04. The molecule has 0 aromatic carbocycles. The highest BCUT2D eigenvalue weighted by Crippen LogP contribution is 2.50. The number of fused-ring (bicyclic) bond motifs is 1. The van der Waals surface area contributed by atoms with Crippen LogP contribution < -0.4 is 0 Å². The Kier molecular flexibility index (Phi) is 1.71. The van der Waals surface area contributed by atoms with Crippen LogP contribution in [0.25, 0.3) is 0 Å². The van der Waals surface area contributed by atoms with Crippen LogP contribution in [0.2, 0.25) is 0 Å². The van der Waals surface area contributed by atoms with E-state index in [-0.39, 0.29) is 0 Å². The Morgan fingerprint density at radius 3 is 2.64 bits per heavy atom. The van der Waals surface area contributed by atoms with Crippen molar-refractivity contribution in [3.05, 3.63) is 0 Å². The number of hydrogen-bond donors (Lipinski definition) is 0. The van der Waals surface area contributed by atoms with Crippen LogP contribution in [0.4, 0.5) is 0 Å². The number of nitrogens with zero attached hydrogens (tertiary/aromatic N) is 1. The topological polar surface area (TPSA) is 3.24 Å². The minimum atomic E-state index is 0.771. The zero-order valence-electron chi connectivity index (χ0n) is 7.88. The molecule has 0 spiro atoms. The minimum absolute atomic E-state index is 0.771. The molecule has 0 aromatic heterocycles. The van der Waals surface area contributed by atoms with Crippen molar-refractivity contribution in [1.29, 1.82) is 0 Å². The first kappa shape index (κ1) is 7.60. The number of piperidine rings is 1. The molecule has 1 heteroatoms. The van der Waals surface area contributed by atoms with Crippen LogP contribution in [0.1, 0.15) is 33.6 Å². The summed E-state index contributed by atoms with van der Waals surface area (Å²) in [5, 5.41) is 0. The van der Waals surface area contributed by atoms with Crippen LogP contribution in [0.3, 0.4) is 0 Å². The molecule has 0 N–H and O–H groups in total. The molecule has 0 bridgehead atoms. The summed E-state index contributed by atoms with van der Waals surface area (Å²) in [5.41, 5.74) is 0. The fraction of sp³-hybridized carbons (Fsp3) is 1.00. The maximum Gasteiger partial charge on any atom is 0.0127 e. The summed E-state index contributed by atoms with van der Waals surface area (Å²) in [5.74, 6) is 2.17. The van der Waals surface area contributed by atoms with E-state index in [1.54, 1.807) is 0 Å². The van der Waals surface area contributed by atoms with Crippen LogP contribution in [-0.2, 0) is 0 Å². The van der Waals surface area contributed by atoms with Gasteiger partial charge >= 0.3 is 0 Å². The lowest BCUT2D eigenvalue weighted by molar-refractivity contribution is 0.170. The molecule has 0 aromatic rings. The highest BCUT2D eigenvalue weighted by atomic mass is 15.2. The molecule has 2 fully saturated rings. The standard InChI is InChI=1S/C10H19N/c1-4-10-9-5-8(9)6-11(10)7(2)3/h7-10H,4-6H2,1-3H3/t8?,9?,10-/m1/s1. The monoisotopic (exact) mass is 153 g/mol. The Morgan fingerprint density at radius 1 is 1.45 bits per heavy atom. The molecule has 2 unspecified atom stereocenters. The molecule has 1 aliphatic heterocycles. The average Bonchev–Trinajstić information content (AvgIpc) is 2.63. The van der Waals surface area contributed by atoms with Crippen molar-refractivity contribution in [1.82, 2.24) is 4.90 Å². The zero-order valence-corrected chi connectivity index (χ0v) is 7.88. The molecule has 0 amide bonds. The quantitative estimate of drug-likeness (QED) is 0.587. The Labute approximate surface area is 69.8 Å². The van der Waals surface area contributed by atoms with Crippen molar-refractivity contribution in [3.63, 3.8) is 0 Å². The SMILES string of the molecule is CC[C@@H]1C2CC2CN1C(C)C. The Morgan fingerprint density at radius 2 is 2.18 bits per heavy atom. The van der Waals surface area contributed by atoms with Crippen LogP contribution in [-0.4, -0.2) is 23.5 Å². The predicted molar refractivity (Wildman–Crippen MR) is 47.5 cm³/mol. The van der Waals surface area contributed by atoms with Crippen molar-refractivity contribution in [2.75, 3.05) is 6.54 Å². The molecule has 1 aliphatic carbocycles. The lowest BCUT2D eigenvalue weighted by Gasteiger charge is -2.30. The van der Waals surface area contributed by atoms with Gasteiger partial charge in [-0.15, -0.1) is 0 Å². The van der Waals surface area contributed by atoms with Gasteiger partial charge in [-0.1, -0.05) is 6.92 Å². The van der Waals surface area contributed by atoms with Gasteiger partial charge in [0.25, 0.3) is 0 Å². The van der Waals surface area contributed by atoms with Gasteiger partial charge in [0.05, 0.1) is 0 Å². The van der Waals surface area contributed by atoms with E-state index in [9.17, 15) is 0 Å². The Hall–Kier alpha value is -0.0400. The molecule has 64 valence electrons. The number of rotatable bonds is 2. The van der Waals surface area contributed by atoms with E-state index in [4.69, 9.17) is 0 Å². The van der Waals surface area contributed by atoms with Gasteiger partial charge in [-0.05, 0) is 38.5 Å². The van der Waals surface area contributed by atoms with Gasteiger partial charge in [-0.2, -0.15) is 0 Å². The van der Waals surface area contributed by atoms with Crippen molar-refractivity contribution in [2.24, 2.45) is 11.8 Å². The second-order valence-corrected chi connectivity index (χ2v) is 4.43. The first-order valence-electron chi connectivity index (χ1n) is 4.99. The van der Waals surface area contributed by atoms with E-state index in [0.29, 0.717) is 0 Å². The normalized spacial score (nSPS) is 43.1. The number of hydrogen-bond acceptors (Lipinski definition) is 1. The summed E-state index contributed by atoms with van der Waals surface area (Å²) >= 11 is 0. The van der Waals surface area contributed by atoms with Crippen LogP contribution in [0.5, 0.6) is 0 Å². The van der Waals surface area contributed by atoms with Gasteiger partial charge in [0.2, 0.25) is 0 Å². The smallest absolute Gasteiger partial charge is 0.0127 e. The minimum Gasteiger partial charge on any atom is -0.297 e. The Balaban J connectivity index is 2.01. The van der Waals surface area contributed by atoms with Gasteiger partial charge in [-0.3, -0.25) is 4.90 Å². The van der Waals surface area contributed by atoms with Crippen molar-refractivity contribution >= 4 is 0 Å². The molecule has 1 nitrogen and oxygen atoms in total. The summed E-state index contributed by atoms with van der Waals surface area (Å²) in [6.07, 6.45) is 2.89. The largest absolute Gasteiger partial charge is 0.297 e. The van der Waals surface area contributed by atoms with Gasteiger partial charge in [-0.25, -0.2) is 0 Å². The third kappa shape index (κ3) is 1.10. The Bertz CT molecular complexity index is 153. The maximum absolute atomic E-state index is 2.69. The van der Waals surface area contributed by atoms with Gasteiger partial charge in [0.1, 0.15) is 0 Å².